The van der Waals surface area contributed by atoms with Gasteiger partial charge in [-0.1, -0.05) is 17.3 Å². The van der Waals surface area contributed by atoms with Crippen LogP contribution >= 0.6 is 15.9 Å². The number of benzene rings is 1. The molecule has 0 fully saturated rings. The number of rotatable bonds is 3. The van der Waals surface area contributed by atoms with Crippen LogP contribution in [0.15, 0.2) is 39.3 Å². The number of hydrogen-bond acceptors (Lipinski definition) is 3. The van der Waals surface area contributed by atoms with Gasteiger partial charge in [0.25, 0.3) is 5.91 Å². The average Bonchev–Trinajstić information content (AvgIpc) is 2.74. The van der Waals surface area contributed by atoms with Gasteiger partial charge in [-0.3, -0.25) is 4.79 Å². The minimum Gasteiger partial charge on any atom is -0.361 e. The van der Waals surface area contributed by atoms with E-state index in [0.717, 1.165) is 15.9 Å². The average molecular weight is 309 g/mol. The summed E-state index contributed by atoms with van der Waals surface area (Å²) in [4.78, 5) is 13.8. The summed E-state index contributed by atoms with van der Waals surface area (Å²) in [5.74, 6) is 0.690. The van der Waals surface area contributed by atoms with Gasteiger partial charge in [-0.2, -0.15) is 0 Å². The molecule has 1 amide bonds. The lowest BCUT2D eigenvalue weighted by Crippen LogP contribution is -2.26. The zero-order chi connectivity index (χ0) is 13.1. The fourth-order valence-electron chi connectivity index (χ4n) is 1.65. The molecule has 0 aliphatic carbocycles. The largest absolute Gasteiger partial charge is 0.361 e. The molecule has 1 aromatic carbocycles. The smallest absolute Gasteiger partial charge is 0.255 e. The van der Waals surface area contributed by atoms with Gasteiger partial charge in [0.05, 0.1) is 12.1 Å². The molecule has 1 aromatic heterocycles. The van der Waals surface area contributed by atoms with E-state index in [-0.39, 0.29) is 5.91 Å². The number of halogens is 1. The first kappa shape index (κ1) is 12.8. The van der Waals surface area contributed by atoms with E-state index in [1.54, 1.807) is 18.0 Å². The van der Waals surface area contributed by atoms with Gasteiger partial charge in [-0.25, -0.2) is 0 Å². The second-order valence-corrected chi connectivity index (χ2v) is 4.92. The highest BCUT2D eigenvalue weighted by Crippen LogP contribution is 2.18. The molecule has 2 rings (SSSR count). The van der Waals surface area contributed by atoms with Gasteiger partial charge >= 0.3 is 0 Å². The molecule has 0 saturated heterocycles. The molecule has 0 N–H and O–H groups in total. The van der Waals surface area contributed by atoms with Gasteiger partial charge < -0.3 is 9.42 Å². The van der Waals surface area contributed by atoms with Crippen molar-refractivity contribution in [3.8, 4) is 0 Å². The molecule has 0 aliphatic heterocycles. The van der Waals surface area contributed by atoms with Crippen molar-refractivity contribution in [1.29, 1.82) is 0 Å². The molecule has 0 aliphatic rings. The first-order chi connectivity index (χ1) is 8.58. The Morgan fingerprint density at radius 2 is 2.17 bits per heavy atom. The monoisotopic (exact) mass is 308 g/mol. The first-order valence-electron chi connectivity index (χ1n) is 5.50. The highest BCUT2D eigenvalue weighted by atomic mass is 79.9. The van der Waals surface area contributed by atoms with E-state index in [2.05, 4.69) is 21.1 Å². The summed E-state index contributed by atoms with van der Waals surface area (Å²) in [6, 6.07) is 9.18. The molecule has 2 aromatic rings. The Labute approximate surface area is 114 Å². The summed E-state index contributed by atoms with van der Waals surface area (Å²) < 4.78 is 5.77. The fourth-order valence-corrected chi connectivity index (χ4v) is 2.10. The maximum Gasteiger partial charge on any atom is 0.255 e. The van der Waals surface area contributed by atoms with Crippen molar-refractivity contribution in [1.82, 2.24) is 10.1 Å². The maximum atomic E-state index is 12.2. The van der Waals surface area contributed by atoms with E-state index < -0.39 is 0 Å². The van der Waals surface area contributed by atoms with E-state index in [4.69, 9.17) is 4.52 Å². The van der Waals surface area contributed by atoms with Crippen molar-refractivity contribution in [3.63, 3.8) is 0 Å². The third-order valence-corrected chi connectivity index (χ3v) is 3.22. The normalized spacial score (nSPS) is 10.4. The molecular formula is C13H13BrN2O2. The lowest BCUT2D eigenvalue weighted by Gasteiger charge is -2.16. The fraction of sp³-hybridized carbons (Fsp3) is 0.231. The molecule has 4 nitrogen and oxygen atoms in total. The van der Waals surface area contributed by atoms with Gasteiger partial charge in [0.15, 0.2) is 0 Å². The molecule has 18 heavy (non-hydrogen) atoms. The Morgan fingerprint density at radius 1 is 1.44 bits per heavy atom. The molecule has 0 unspecified atom stereocenters. The van der Waals surface area contributed by atoms with Gasteiger partial charge in [-0.05, 0) is 35.0 Å². The molecule has 1 heterocycles. The quantitative estimate of drug-likeness (QED) is 0.875. The third kappa shape index (κ3) is 2.79. The van der Waals surface area contributed by atoms with Crippen LogP contribution in [0.1, 0.15) is 21.8 Å². The van der Waals surface area contributed by atoms with Crippen molar-refractivity contribution in [2.24, 2.45) is 0 Å². The molecule has 94 valence electrons. The molecular weight excluding hydrogens is 296 g/mol. The van der Waals surface area contributed by atoms with Gasteiger partial charge in [0.1, 0.15) is 11.5 Å². The van der Waals surface area contributed by atoms with E-state index >= 15 is 0 Å². The lowest BCUT2D eigenvalue weighted by molar-refractivity contribution is 0.0781. The summed E-state index contributed by atoms with van der Waals surface area (Å²) in [7, 11) is 1.74. The summed E-state index contributed by atoms with van der Waals surface area (Å²) in [6.45, 7) is 2.25. The Kier molecular flexibility index (Phi) is 3.81. The maximum absolute atomic E-state index is 12.2. The standard InChI is InChI=1S/C13H13BrN2O2/c1-9-7-10(15-18-9)8-16(2)13(17)11-5-3-4-6-12(11)14/h3-7H,8H2,1-2H3. The Bertz CT molecular complexity index is 566. The number of carbonyl (C=O) groups is 1. The number of hydrogen-bond donors (Lipinski definition) is 0. The van der Waals surface area contributed by atoms with Crippen LogP contribution in [-0.4, -0.2) is 23.0 Å². The number of aromatic nitrogens is 1. The van der Waals surface area contributed by atoms with E-state index in [0.29, 0.717) is 12.1 Å². The van der Waals surface area contributed by atoms with Crippen molar-refractivity contribution in [3.05, 3.63) is 51.8 Å². The van der Waals surface area contributed by atoms with Crippen LogP contribution in [0.3, 0.4) is 0 Å². The van der Waals surface area contributed by atoms with Crippen molar-refractivity contribution in [2.75, 3.05) is 7.05 Å². The van der Waals surface area contributed by atoms with Crippen LogP contribution in [0.4, 0.5) is 0 Å². The SMILES string of the molecule is Cc1cc(CN(C)C(=O)c2ccccc2Br)no1. The summed E-state index contributed by atoms with van der Waals surface area (Å²) >= 11 is 3.37. The number of nitrogens with zero attached hydrogens (tertiary/aromatic N) is 2. The minimum atomic E-state index is -0.0527. The first-order valence-corrected chi connectivity index (χ1v) is 6.29. The second-order valence-electron chi connectivity index (χ2n) is 4.07. The number of carbonyl (C=O) groups excluding carboxylic acids is 1. The van der Waals surface area contributed by atoms with Crippen LogP contribution in [-0.2, 0) is 6.54 Å². The molecule has 0 saturated carbocycles. The van der Waals surface area contributed by atoms with Crippen LogP contribution in [0.2, 0.25) is 0 Å². The highest BCUT2D eigenvalue weighted by Gasteiger charge is 2.15. The van der Waals surface area contributed by atoms with Crippen LogP contribution in [0.25, 0.3) is 0 Å². The third-order valence-electron chi connectivity index (χ3n) is 2.53. The minimum absolute atomic E-state index is 0.0527. The summed E-state index contributed by atoms with van der Waals surface area (Å²) in [6.07, 6.45) is 0. The van der Waals surface area contributed by atoms with Crippen LogP contribution < -0.4 is 0 Å². The van der Waals surface area contributed by atoms with Crippen molar-refractivity contribution >= 4 is 21.8 Å². The molecule has 0 atom stereocenters. The van der Waals surface area contributed by atoms with Crippen molar-refractivity contribution in [2.45, 2.75) is 13.5 Å². The van der Waals surface area contributed by atoms with Crippen molar-refractivity contribution < 1.29 is 9.32 Å². The van der Waals surface area contributed by atoms with Crippen LogP contribution in [0.5, 0.6) is 0 Å². The van der Waals surface area contributed by atoms with Gasteiger partial charge in [0.2, 0.25) is 0 Å². The molecule has 0 spiro atoms. The lowest BCUT2D eigenvalue weighted by atomic mass is 10.2. The highest BCUT2D eigenvalue weighted by molar-refractivity contribution is 9.10. The second kappa shape index (κ2) is 5.35. The number of aryl methyl sites for hydroxylation is 1. The van der Waals surface area contributed by atoms with E-state index in [9.17, 15) is 4.79 Å². The van der Waals surface area contributed by atoms with Crippen LogP contribution in [0, 0.1) is 6.92 Å². The molecule has 0 radical (unpaired) electrons. The predicted molar refractivity (Wildman–Crippen MR) is 71.2 cm³/mol. The Morgan fingerprint density at radius 3 is 2.78 bits per heavy atom. The summed E-state index contributed by atoms with van der Waals surface area (Å²) in [5.41, 5.74) is 1.38. The molecule has 5 heteroatoms. The Balaban J connectivity index is 2.12. The van der Waals surface area contributed by atoms with Gasteiger partial charge in [-0.15, -0.1) is 0 Å². The number of amides is 1. The summed E-state index contributed by atoms with van der Waals surface area (Å²) in [5, 5.41) is 3.87. The van der Waals surface area contributed by atoms with Gasteiger partial charge in [0, 0.05) is 17.6 Å². The zero-order valence-corrected chi connectivity index (χ0v) is 11.8. The predicted octanol–water partition coefficient (Wildman–Crippen LogP) is 3.02. The Hall–Kier alpha value is -1.62. The zero-order valence-electron chi connectivity index (χ0n) is 10.2. The van der Waals surface area contributed by atoms with E-state index in [1.165, 1.54) is 0 Å². The topological polar surface area (TPSA) is 46.3 Å². The van der Waals surface area contributed by atoms with E-state index in [1.807, 2.05) is 31.2 Å². The molecule has 0 bridgehead atoms.